The number of hydrogen-bond acceptors (Lipinski definition) is 4. The third kappa shape index (κ3) is 3.34. The molecule has 0 saturated heterocycles. The summed E-state index contributed by atoms with van der Waals surface area (Å²) in [7, 11) is 0. The van der Waals surface area contributed by atoms with Crippen molar-refractivity contribution in [3.63, 3.8) is 0 Å². The molecule has 94 valence electrons. The average Bonchev–Trinajstić information content (AvgIpc) is 2.41. The van der Waals surface area contributed by atoms with Gasteiger partial charge in [0, 0.05) is 35.2 Å². The zero-order valence-corrected chi connectivity index (χ0v) is 11.8. The van der Waals surface area contributed by atoms with Gasteiger partial charge >= 0.3 is 0 Å². The number of hydrogen-bond donors (Lipinski definition) is 1. The predicted octanol–water partition coefficient (Wildman–Crippen LogP) is 2.80. The van der Waals surface area contributed by atoms with Crippen LogP contribution in [0.25, 0.3) is 11.5 Å². The number of halogens is 1. The third-order valence-corrected chi connectivity index (χ3v) is 3.07. The summed E-state index contributed by atoms with van der Waals surface area (Å²) in [5.74, 6) is 0.640. The van der Waals surface area contributed by atoms with Crippen molar-refractivity contribution in [2.75, 3.05) is 6.54 Å². The molecular weight excluding hydrogens is 292 g/mol. The van der Waals surface area contributed by atoms with Gasteiger partial charge < -0.3 is 5.32 Å². The van der Waals surface area contributed by atoms with Gasteiger partial charge in [-0.25, -0.2) is 9.97 Å². The van der Waals surface area contributed by atoms with Crippen molar-refractivity contribution in [2.45, 2.75) is 19.9 Å². The average molecular weight is 307 g/mol. The molecule has 0 radical (unpaired) electrons. The van der Waals surface area contributed by atoms with Crippen molar-refractivity contribution in [1.29, 1.82) is 0 Å². The lowest BCUT2D eigenvalue weighted by molar-refractivity contribution is 0.672. The van der Waals surface area contributed by atoms with E-state index in [4.69, 9.17) is 0 Å². The van der Waals surface area contributed by atoms with Crippen LogP contribution in [-0.2, 0) is 6.54 Å². The van der Waals surface area contributed by atoms with Crippen molar-refractivity contribution in [3.8, 4) is 11.5 Å². The summed E-state index contributed by atoms with van der Waals surface area (Å²) in [6, 6.07) is 3.80. The highest BCUT2D eigenvalue weighted by Gasteiger charge is 2.06. The first-order chi connectivity index (χ1) is 8.81. The first-order valence-corrected chi connectivity index (χ1v) is 6.73. The van der Waals surface area contributed by atoms with Crippen molar-refractivity contribution < 1.29 is 0 Å². The van der Waals surface area contributed by atoms with Crippen LogP contribution in [0, 0.1) is 0 Å². The van der Waals surface area contributed by atoms with Gasteiger partial charge in [0.1, 0.15) is 5.69 Å². The predicted molar refractivity (Wildman–Crippen MR) is 75.0 cm³/mol. The van der Waals surface area contributed by atoms with Crippen LogP contribution in [-0.4, -0.2) is 21.5 Å². The van der Waals surface area contributed by atoms with Gasteiger partial charge in [0.05, 0.1) is 0 Å². The Hall–Kier alpha value is -1.33. The molecule has 5 heteroatoms. The van der Waals surface area contributed by atoms with Crippen LogP contribution in [0.5, 0.6) is 0 Å². The molecule has 0 aromatic carbocycles. The molecule has 1 N–H and O–H groups in total. The fraction of sp³-hybridized carbons (Fsp3) is 0.308. The van der Waals surface area contributed by atoms with Gasteiger partial charge in [-0.1, -0.05) is 6.92 Å². The van der Waals surface area contributed by atoms with E-state index in [0.717, 1.165) is 35.2 Å². The standard InChI is InChI=1S/C13H15BrN4/c1-2-5-15-7-10-8-17-13(18-9-10)12-11(14)4-3-6-16-12/h3-4,6,8-9,15H,2,5,7H2,1H3. The smallest absolute Gasteiger partial charge is 0.179 e. The molecule has 2 aromatic heterocycles. The molecule has 0 aliphatic heterocycles. The lowest BCUT2D eigenvalue weighted by Gasteiger charge is -2.04. The Morgan fingerprint density at radius 2 is 2.00 bits per heavy atom. The van der Waals surface area contributed by atoms with Gasteiger partial charge in [-0.15, -0.1) is 0 Å². The second-order valence-corrected chi connectivity index (χ2v) is 4.78. The molecule has 0 aliphatic carbocycles. The highest BCUT2D eigenvalue weighted by molar-refractivity contribution is 9.10. The zero-order valence-electron chi connectivity index (χ0n) is 10.2. The summed E-state index contributed by atoms with van der Waals surface area (Å²) in [5.41, 5.74) is 1.85. The first kappa shape index (κ1) is 13.1. The maximum absolute atomic E-state index is 4.34. The van der Waals surface area contributed by atoms with Gasteiger partial charge in [-0.3, -0.25) is 4.98 Å². The molecular formula is C13H15BrN4. The Morgan fingerprint density at radius 1 is 1.22 bits per heavy atom. The number of pyridine rings is 1. The summed E-state index contributed by atoms with van der Waals surface area (Å²) < 4.78 is 0.904. The zero-order chi connectivity index (χ0) is 12.8. The largest absolute Gasteiger partial charge is 0.313 e. The maximum Gasteiger partial charge on any atom is 0.179 e. The Kier molecular flexibility index (Phi) is 4.78. The molecule has 0 unspecified atom stereocenters. The van der Waals surface area contributed by atoms with E-state index in [0.29, 0.717) is 5.82 Å². The summed E-state index contributed by atoms with van der Waals surface area (Å²) in [4.78, 5) is 13.0. The molecule has 0 atom stereocenters. The molecule has 2 heterocycles. The van der Waals surface area contributed by atoms with Gasteiger partial charge in [0.2, 0.25) is 0 Å². The third-order valence-electron chi connectivity index (χ3n) is 2.43. The van der Waals surface area contributed by atoms with E-state index in [1.807, 2.05) is 24.5 Å². The Morgan fingerprint density at radius 3 is 2.67 bits per heavy atom. The number of nitrogens with zero attached hydrogens (tertiary/aromatic N) is 3. The second-order valence-electron chi connectivity index (χ2n) is 3.93. The molecule has 18 heavy (non-hydrogen) atoms. The number of rotatable bonds is 5. The highest BCUT2D eigenvalue weighted by Crippen LogP contribution is 2.21. The van der Waals surface area contributed by atoms with E-state index in [-0.39, 0.29) is 0 Å². The Labute approximate surface area is 115 Å². The topological polar surface area (TPSA) is 50.7 Å². The summed E-state index contributed by atoms with van der Waals surface area (Å²) in [6.07, 6.45) is 6.54. The molecule has 4 nitrogen and oxygen atoms in total. The van der Waals surface area contributed by atoms with Crippen LogP contribution in [0.15, 0.2) is 35.2 Å². The molecule has 0 spiro atoms. The molecule has 0 aliphatic rings. The van der Waals surface area contributed by atoms with Crippen LogP contribution in [0.1, 0.15) is 18.9 Å². The fourth-order valence-corrected chi connectivity index (χ4v) is 1.96. The fourth-order valence-electron chi connectivity index (χ4n) is 1.53. The minimum Gasteiger partial charge on any atom is -0.313 e. The quantitative estimate of drug-likeness (QED) is 0.863. The van der Waals surface area contributed by atoms with Gasteiger partial charge in [-0.2, -0.15) is 0 Å². The normalized spacial score (nSPS) is 10.6. The van der Waals surface area contributed by atoms with Crippen LogP contribution in [0.4, 0.5) is 0 Å². The van der Waals surface area contributed by atoms with Crippen LogP contribution in [0.2, 0.25) is 0 Å². The van der Waals surface area contributed by atoms with Gasteiger partial charge in [0.15, 0.2) is 5.82 Å². The van der Waals surface area contributed by atoms with Crippen molar-refractivity contribution in [3.05, 3.63) is 40.8 Å². The SMILES string of the molecule is CCCNCc1cnc(-c2ncccc2Br)nc1. The molecule has 0 fully saturated rings. The number of aromatic nitrogens is 3. The Balaban J connectivity index is 2.10. The summed E-state index contributed by atoms with van der Waals surface area (Å²) in [6.45, 7) is 3.95. The minimum absolute atomic E-state index is 0.640. The lowest BCUT2D eigenvalue weighted by atomic mass is 10.3. The van der Waals surface area contributed by atoms with E-state index in [9.17, 15) is 0 Å². The lowest BCUT2D eigenvalue weighted by Crippen LogP contribution is -2.14. The maximum atomic E-state index is 4.34. The molecule has 2 rings (SSSR count). The monoisotopic (exact) mass is 306 g/mol. The van der Waals surface area contributed by atoms with Crippen LogP contribution >= 0.6 is 15.9 Å². The van der Waals surface area contributed by atoms with E-state index in [1.165, 1.54) is 0 Å². The number of nitrogens with one attached hydrogen (secondary N) is 1. The first-order valence-electron chi connectivity index (χ1n) is 5.93. The summed E-state index contributed by atoms with van der Waals surface area (Å²) in [5, 5.41) is 3.32. The molecule has 0 amide bonds. The minimum atomic E-state index is 0.640. The molecule has 2 aromatic rings. The van der Waals surface area contributed by atoms with E-state index >= 15 is 0 Å². The van der Waals surface area contributed by atoms with E-state index in [1.54, 1.807) is 6.20 Å². The van der Waals surface area contributed by atoms with Crippen molar-refractivity contribution in [2.24, 2.45) is 0 Å². The second kappa shape index (κ2) is 6.56. The van der Waals surface area contributed by atoms with Gasteiger partial charge in [0.25, 0.3) is 0 Å². The van der Waals surface area contributed by atoms with E-state index < -0.39 is 0 Å². The van der Waals surface area contributed by atoms with E-state index in [2.05, 4.69) is 43.1 Å². The van der Waals surface area contributed by atoms with Crippen molar-refractivity contribution >= 4 is 15.9 Å². The highest BCUT2D eigenvalue weighted by atomic mass is 79.9. The Bertz CT molecular complexity index is 499. The van der Waals surface area contributed by atoms with Crippen LogP contribution < -0.4 is 5.32 Å². The van der Waals surface area contributed by atoms with Gasteiger partial charge in [-0.05, 0) is 41.0 Å². The molecule has 0 saturated carbocycles. The summed E-state index contributed by atoms with van der Waals surface area (Å²) >= 11 is 3.45. The van der Waals surface area contributed by atoms with Crippen molar-refractivity contribution in [1.82, 2.24) is 20.3 Å². The molecule has 0 bridgehead atoms. The van der Waals surface area contributed by atoms with Crippen LogP contribution in [0.3, 0.4) is 0 Å².